The third-order valence-corrected chi connectivity index (χ3v) is 3.90. The van der Waals surface area contributed by atoms with Crippen molar-refractivity contribution in [1.82, 2.24) is 20.7 Å². The van der Waals surface area contributed by atoms with Crippen LogP contribution in [0.5, 0.6) is 0 Å². The summed E-state index contributed by atoms with van der Waals surface area (Å²) in [6.45, 7) is -0.246. The van der Waals surface area contributed by atoms with Crippen LogP contribution in [-0.2, 0) is 11.8 Å². The monoisotopic (exact) mass is 350 g/mol. The van der Waals surface area contributed by atoms with Crippen LogP contribution in [0.1, 0.15) is 20.7 Å². The lowest BCUT2D eigenvalue weighted by atomic mass is 10.2. The summed E-state index contributed by atoms with van der Waals surface area (Å²) in [5.74, 6) is -1.31. The Morgan fingerprint density at radius 1 is 0.885 bits per heavy atom. The van der Waals surface area contributed by atoms with Crippen molar-refractivity contribution in [3.63, 3.8) is 0 Å². The van der Waals surface area contributed by atoms with Gasteiger partial charge in [-0.15, -0.1) is 0 Å². The van der Waals surface area contributed by atoms with Gasteiger partial charge in [0, 0.05) is 29.7 Å². The molecule has 0 spiro atoms. The number of carbonyl (C=O) groups excluding carboxylic acids is 3. The van der Waals surface area contributed by atoms with Crippen LogP contribution in [0.25, 0.3) is 10.9 Å². The number of hydrazine groups is 1. The quantitative estimate of drug-likeness (QED) is 0.621. The first-order valence-corrected chi connectivity index (χ1v) is 8.03. The lowest BCUT2D eigenvalue weighted by molar-refractivity contribution is -0.120. The number of nitrogens with zero attached hydrogens (tertiary/aromatic N) is 1. The van der Waals surface area contributed by atoms with Crippen LogP contribution in [0.3, 0.4) is 0 Å². The molecule has 0 saturated carbocycles. The van der Waals surface area contributed by atoms with Crippen LogP contribution in [0, 0.1) is 0 Å². The minimum absolute atomic E-state index is 0.246. The average molecular weight is 350 g/mol. The highest BCUT2D eigenvalue weighted by atomic mass is 16.2. The van der Waals surface area contributed by atoms with E-state index in [0.717, 1.165) is 10.9 Å². The van der Waals surface area contributed by atoms with Crippen molar-refractivity contribution < 1.29 is 14.4 Å². The minimum atomic E-state index is -0.525. The van der Waals surface area contributed by atoms with E-state index in [1.165, 1.54) is 0 Å². The summed E-state index contributed by atoms with van der Waals surface area (Å²) in [5.41, 5.74) is 6.49. The molecule has 3 rings (SSSR count). The first kappa shape index (κ1) is 17.2. The van der Waals surface area contributed by atoms with Crippen LogP contribution in [-0.4, -0.2) is 28.8 Å². The third kappa shape index (κ3) is 3.72. The summed E-state index contributed by atoms with van der Waals surface area (Å²) >= 11 is 0. The summed E-state index contributed by atoms with van der Waals surface area (Å²) in [5, 5.41) is 3.28. The van der Waals surface area contributed by atoms with Crippen LogP contribution in [0.4, 0.5) is 0 Å². The van der Waals surface area contributed by atoms with Crippen molar-refractivity contribution >= 4 is 28.6 Å². The van der Waals surface area contributed by atoms with E-state index >= 15 is 0 Å². The second-order valence-electron chi connectivity index (χ2n) is 5.72. The SMILES string of the molecule is Cn1cc(C(=O)NNC(=O)CNC(=O)c2ccccc2)c2ccccc21. The van der Waals surface area contributed by atoms with Gasteiger partial charge in [-0.25, -0.2) is 0 Å². The van der Waals surface area contributed by atoms with Crippen molar-refractivity contribution in [3.05, 3.63) is 71.9 Å². The molecule has 7 heteroatoms. The second kappa shape index (κ2) is 7.52. The molecule has 3 N–H and O–H groups in total. The highest BCUT2D eigenvalue weighted by Crippen LogP contribution is 2.19. The molecule has 2 aromatic carbocycles. The fraction of sp³-hybridized carbons (Fsp3) is 0.105. The molecule has 0 fully saturated rings. The van der Waals surface area contributed by atoms with Gasteiger partial charge in [-0.05, 0) is 18.2 Å². The topological polar surface area (TPSA) is 92.2 Å². The molecular formula is C19H18N4O3. The van der Waals surface area contributed by atoms with Crippen molar-refractivity contribution in [2.24, 2.45) is 7.05 Å². The summed E-state index contributed by atoms with van der Waals surface area (Å²) in [6, 6.07) is 16.0. The lowest BCUT2D eigenvalue weighted by Crippen LogP contribution is -2.46. The molecule has 0 aliphatic carbocycles. The Hall–Kier alpha value is -3.61. The number of nitrogens with one attached hydrogen (secondary N) is 3. The molecular weight excluding hydrogens is 332 g/mol. The first-order chi connectivity index (χ1) is 12.6. The molecule has 7 nitrogen and oxygen atoms in total. The van der Waals surface area contributed by atoms with Crippen molar-refractivity contribution in [1.29, 1.82) is 0 Å². The molecule has 3 amide bonds. The summed E-state index contributed by atoms with van der Waals surface area (Å²) in [4.78, 5) is 36.0. The Balaban J connectivity index is 1.54. The maximum Gasteiger partial charge on any atom is 0.271 e. The summed E-state index contributed by atoms with van der Waals surface area (Å²) in [6.07, 6.45) is 1.70. The normalized spacial score (nSPS) is 10.3. The number of aryl methyl sites for hydroxylation is 1. The van der Waals surface area contributed by atoms with Crippen molar-refractivity contribution in [3.8, 4) is 0 Å². The summed E-state index contributed by atoms with van der Waals surface area (Å²) in [7, 11) is 1.84. The van der Waals surface area contributed by atoms with Gasteiger partial charge in [-0.1, -0.05) is 36.4 Å². The van der Waals surface area contributed by atoms with Gasteiger partial charge in [-0.2, -0.15) is 0 Å². The van der Waals surface area contributed by atoms with Gasteiger partial charge >= 0.3 is 0 Å². The van der Waals surface area contributed by atoms with Crippen molar-refractivity contribution in [2.75, 3.05) is 6.54 Å². The van der Waals surface area contributed by atoms with Gasteiger partial charge in [-0.3, -0.25) is 25.2 Å². The van der Waals surface area contributed by atoms with E-state index in [9.17, 15) is 14.4 Å². The van der Waals surface area contributed by atoms with Gasteiger partial charge in [0.15, 0.2) is 0 Å². The van der Waals surface area contributed by atoms with Crippen molar-refractivity contribution in [2.45, 2.75) is 0 Å². The Bertz CT molecular complexity index is 963. The number of hydrogen-bond acceptors (Lipinski definition) is 3. The smallest absolute Gasteiger partial charge is 0.271 e. The molecule has 0 atom stereocenters. The van der Waals surface area contributed by atoms with E-state index < -0.39 is 11.8 Å². The second-order valence-corrected chi connectivity index (χ2v) is 5.72. The molecule has 0 bridgehead atoms. The van der Waals surface area contributed by atoms with Gasteiger partial charge in [0.2, 0.25) is 0 Å². The van der Waals surface area contributed by atoms with E-state index in [1.54, 1.807) is 36.5 Å². The predicted molar refractivity (Wildman–Crippen MR) is 97.3 cm³/mol. The Labute approximate surface area is 150 Å². The van der Waals surface area contributed by atoms with E-state index in [4.69, 9.17) is 0 Å². The number of amides is 3. The predicted octanol–water partition coefficient (Wildman–Crippen LogP) is 1.37. The zero-order valence-corrected chi connectivity index (χ0v) is 14.2. The van der Waals surface area contributed by atoms with E-state index in [0.29, 0.717) is 11.1 Å². The average Bonchev–Trinajstić information content (AvgIpc) is 3.02. The molecule has 132 valence electrons. The maximum atomic E-state index is 12.3. The highest BCUT2D eigenvalue weighted by molar-refractivity contribution is 6.07. The molecule has 0 aliphatic rings. The van der Waals surface area contributed by atoms with Crippen LogP contribution >= 0.6 is 0 Å². The number of benzene rings is 2. The van der Waals surface area contributed by atoms with Gasteiger partial charge in [0.05, 0.1) is 12.1 Å². The zero-order valence-electron chi connectivity index (χ0n) is 14.2. The Kier molecular flexibility index (Phi) is 4.98. The number of hydrogen-bond donors (Lipinski definition) is 3. The standard InChI is InChI=1S/C19H18N4O3/c1-23-12-15(14-9-5-6-10-16(14)23)19(26)22-21-17(24)11-20-18(25)13-7-3-2-4-8-13/h2-10,12H,11H2,1H3,(H,20,25)(H,21,24)(H,22,26). The molecule has 1 heterocycles. The fourth-order valence-electron chi connectivity index (χ4n) is 2.61. The number of carbonyl (C=O) groups is 3. The van der Waals surface area contributed by atoms with E-state index in [-0.39, 0.29) is 12.5 Å². The number of rotatable bonds is 4. The first-order valence-electron chi connectivity index (χ1n) is 8.03. The van der Waals surface area contributed by atoms with Crippen LogP contribution in [0.15, 0.2) is 60.8 Å². The molecule has 0 aliphatic heterocycles. The van der Waals surface area contributed by atoms with Crippen LogP contribution in [0.2, 0.25) is 0 Å². The molecule has 26 heavy (non-hydrogen) atoms. The van der Waals surface area contributed by atoms with E-state index in [1.807, 2.05) is 35.9 Å². The van der Waals surface area contributed by atoms with Gasteiger partial charge in [0.1, 0.15) is 0 Å². The zero-order chi connectivity index (χ0) is 18.5. The Morgan fingerprint density at radius 3 is 2.35 bits per heavy atom. The maximum absolute atomic E-state index is 12.3. The number of para-hydroxylation sites is 1. The lowest BCUT2D eigenvalue weighted by Gasteiger charge is -2.08. The van der Waals surface area contributed by atoms with Gasteiger partial charge < -0.3 is 9.88 Å². The molecule has 0 unspecified atom stereocenters. The molecule has 0 saturated heterocycles. The highest BCUT2D eigenvalue weighted by Gasteiger charge is 2.14. The molecule has 3 aromatic rings. The summed E-state index contributed by atoms with van der Waals surface area (Å²) < 4.78 is 1.84. The largest absolute Gasteiger partial charge is 0.350 e. The van der Waals surface area contributed by atoms with E-state index in [2.05, 4.69) is 16.2 Å². The molecule has 1 aromatic heterocycles. The minimum Gasteiger partial charge on any atom is -0.350 e. The van der Waals surface area contributed by atoms with Crippen LogP contribution < -0.4 is 16.2 Å². The Morgan fingerprint density at radius 2 is 1.58 bits per heavy atom. The number of fused-ring (bicyclic) bond motifs is 1. The van der Waals surface area contributed by atoms with Gasteiger partial charge in [0.25, 0.3) is 17.7 Å². The third-order valence-electron chi connectivity index (χ3n) is 3.90. The molecule has 0 radical (unpaired) electrons. The number of aromatic nitrogens is 1. The fourth-order valence-corrected chi connectivity index (χ4v) is 2.61.